The van der Waals surface area contributed by atoms with Gasteiger partial charge in [0, 0.05) is 40.0 Å². The topological polar surface area (TPSA) is 64.1 Å². The maximum atomic E-state index is 5.97. The molecule has 2 aliphatic heterocycles. The van der Waals surface area contributed by atoms with Gasteiger partial charge in [-0.25, -0.2) is 0 Å². The van der Waals surface area contributed by atoms with Crippen LogP contribution < -0.4 is 10.6 Å². The lowest BCUT2D eigenvalue weighted by Gasteiger charge is -2.22. The van der Waals surface area contributed by atoms with E-state index in [2.05, 4.69) is 39.9 Å². The summed E-state index contributed by atoms with van der Waals surface area (Å²) in [5.41, 5.74) is 2.43. The molecule has 2 N–H and O–H groups in total. The highest BCUT2D eigenvalue weighted by molar-refractivity contribution is 5.79. The minimum absolute atomic E-state index is 0.309. The molecule has 0 bridgehead atoms. The molecule has 0 amide bonds. The van der Waals surface area contributed by atoms with Crippen molar-refractivity contribution in [2.75, 3.05) is 33.4 Å². The summed E-state index contributed by atoms with van der Waals surface area (Å²) in [6.07, 6.45) is 4.93. The van der Waals surface area contributed by atoms with Crippen molar-refractivity contribution < 1.29 is 14.2 Å². The summed E-state index contributed by atoms with van der Waals surface area (Å²) in [6.45, 7) is 4.73. The molecule has 2 fully saturated rings. The van der Waals surface area contributed by atoms with Gasteiger partial charge in [-0.15, -0.1) is 0 Å². The zero-order valence-corrected chi connectivity index (χ0v) is 15.7. The van der Waals surface area contributed by atoms with Crippen LogP contribution in [0.2, 0.25) is 0 Å². The van der Waals surface area contributed by atoms with E-state index in [0.717, 1.165) is 64.6 Å². The van der Waals surface area contributed by atoms with E-state index < -0.39 is 0 Å². The smallest absolute Gasteiger partial charge is 0.191 e. The van der Waals surface area contributed by atoms with Gasteiger partial charge in [-0.1, -0.05) is 24.3 Å². The molecule has 0 aliphatic carbocycles. The summed E-state index contributed by atoms with van der Waals surface area (Å²) >= 11 is 0. The third-order valence-electron chi connectivity index (χ3n) is 4.88. The van der Waals surface area contributed by atoms with Crippen molar-refractivity contribution in [2.24, 2.45) is 4.99 Å². The van der Waals surface area contributed by atoms with Crippen molar-refractivity contribution in [1.82, 2.24) is 10.6 Å². The first kappa shape index (κ1) is 19.1. The van der Waals surface area contributed by atoms with Gasteiger partial charge in [-0.3, -0.25) is 4.99 Å². The summed E-state index contributed by atoms with van der Waals surface area (Å²) < 4.78 is 17.0. The molecule has 1 aromatic carbocycles. The lowest BCUT2D eigenvalue weighted by molar-refractivity contribution is -0.0390. The van der Waals surface area contributed by atoms with Crippen molar-refractivity contribution in [3.63, 3.8) is 0 Å². The number of nitrogens with one attached hydrogen (secondary N) is 2. The van der Waals surface area contributed by atoms with Gasteiger partial charge in [0.2, 0.25) is 0 Å². The monoisotopic (exact) mass is 361 g/mol. The molecule has 2 saturated heterocycles. The molecule has 1 atom stereocenters. The van der Waals surface area contributed by atoms with Crippen LogP contribution in [0.15, 0.2) is 29.3 Å². The van der Waals surface area contributed by atoms with Gasteiger partial charge in [0.05, 0.1) is 18.8 Å². The van der Waals surface area contributed by atoms with E-state index in [-0.39, 0.29) is 0 Å². The Kier molecular flexibility index (Phi) is 7.73. The molecule has 3 rings (SSSR count). The van der Waals surface area contributed by atoms with Crippen LogP contribution >= 0.6 is 0 Å². The fraction of sp³-hybridized carbons (Fsp3) is 0.650. The second kappa shape index (κ2) is 10.5. The molecule has 1 unspecified atom stereocenters. The Labute approximate surface area is 156 Å². The molecule has 26 heavy (non-hydrogen) atoms. The fourth-order valence-electron chi connectivity index (χ4n) is 3.23. The van der Waals surface area contributed by atoms with Crippen LogP contribution in [0.1, 0.15) is 36.8 Å². The quantitative estimate of drug-likeness (QED) is 0.576. The van der Waals surface area contributed by atoms with E-state index in [1.165, 1.54) is 11.1 Å². The third-order valence-corrected chi connectivity index (χ3v) is 4.88. The number of ether oxygens (including phenoxy) is 3. The van der Waals surface area contributed by atoms with Crippen LogP contribution in [0.3, 0.4) is 0 Å². The van der Waals surface area contributed by atoms with Crippen LogP contribution in [0.25, 0.3) is 0 Å². The first-order valence-corrected chi connectivity index (χ1v) is 9.67. The Hall–Kier alpha value is -1.63. The maximum absolute atomic E-state index is 5.97. The fourth-order valence-corrected chi connectivity index (χ4v) is 3.23. The molecule has 6 heteroatoms. The molecular formula is C20H31N3O3. The number of guanidine groups is 1. The number of benzene rings is 1. The van der Waals surface area contributed by atoms with Gasteiger partial charge in [0.1, 0.15) is 0 Å². The normalized spacial score (nSPS) is 21.7. The van der Waals surface area contributed by atoms with Crippen LogP contribution in [-0.4, -0.2) is 51.6 Å². The Balaban J connectivity index is 1.37. The second-order valence-corrected chi connectivity index (χ2v) is 6.88. The number of nitrogens with zero attached hydrogens (tertiary/aromatic N) is 1. The van der Waals surface area contributed by atoms with Crippen molar-refractivity contribution >= 4 is 5.96 Å². The molecule has 6 nitrogen and oxygen atoms in total. The standard InChI is InChI=1S/C20H31N3O3/c1-21-20(23-14-19-3-2-10-25-19)22-13-16-4-6-17(7-5-16)15-26-18-8-11-24-12-9-18/h4-7,18-19H,2-3,8-15H2,1H3,(H2,21,22,23). The van der Waals surface area contributed by atoms with E-state index in [4.69, 9.17) is 14.2 Å². The second-order valence-electron chi connectivity index (χ2n) is 6.88. The third kappa shape index (κ3) is 6.27. The summed E-state index contributed by atoms with van der Waals surface area (Å²) in [6, 6.07) is 8.56. The van der Waals surface area contributed by atoms with Gasteiger partial charge in [-0.2, -0.15) is 0 Å². The number of aliphatic imine (C=N–C) groups is 1. The summed E-state index contributed by atoms with van der Waals surface area (Å²) in [7, 11) is 1.79. The van der Waals surface area contributed by atoms with Gasteiger partial charge in [0.15, 0.2) is 5.96 Å². The van der Waals surface area contributed by atoms with Crippen LogP contribution in [0.5, 0.6) is 0 Å². The predicted octanol–water partition coefficient (Wildman–Crippen LogP) is 2.23. The molecule has 1 aromatic rings. The molecule has 2 aliphatic rings. The van der Waals surface area contributed by atoms with E-state index in [1.54, 1.807) is 7.05 Å². The summed E-state index contributed by atoms with van der Waals surface area (Å²) in [5.74, 6) is 0.812. The van der Waals surface area contributed by atoms with Crippen molar-refractivity contribution in [3.05, 3.63) is 35.4 Å². The largest absolute Gasteiger partial charge is 0.381 e. The van der Waals surface area contributed by atoms with E-state index in [1.807, 2.05) is 0 Å². The highest BCUT2D eigenvalue weighted by atomic mass is 16.5. The lowest BCUT2D eigenvalue weighted by atomic mass is 10.1. The number of rotatable bonds is 7. The Morgan fingerprint density at radius 2 is 1.85 bits per heavy atom. The van der Waals surface area contributed by atoms with Gasteiger partial charge < -0.3 is 24.8 Å². The molecule has 0 spiro atoms. The predicted molar refractivity (Wildman–Crippen MR) is 102 cm³/mol. The molecule has 2 heterocycles. The SMILES string of the molecule is CN=C(NCc1ccc(COC2CCOCC2)cc1)NCC1CCCO1. The van der Waals surface area contributed by atoms with Gasteiger partial charge in [0.25, 0.3) is 0 Å². The van der Waals surface area contributed by atoms with Crippen molar-refractivity contribution in [2.45, 2.75) is 51.0 Å². The van der Waals surface area contributed by atoms with Crippen molar-refractivity contribution in [3.8, 4) is 0 Å². The van der Waals surface area contributed by atoms with Gasteiger partial charge in [-0.05, 0) is 36.8 Å². The number of hydrogen-bond donors (Lipinski definition) is 2. The van der Waals surface area contributed by atoms with Crippen LogP contribution in [0, 0.1) is 0 Å². The first-order chi connectivity index (χ1) is 12.8. The Morgan fingerprint density at radius 1 is 1.08 bits per heavy atom. The van der Waals surface area contributed by atoms with Gasteiger partial charge >= 0.3 is 0 Å². The lowest BCUT2D eigenvalue weighted by Crippen LogP contribution is -2.40. The number of hydrogen-bond acceptors (Lipinski definition) is 4. The first-order valence-electron chi connectivity index (χ1n) is 9.67. The van der Waals surface area contributed by atoms with E-state index in [9.17, 15) is 0 Å². The Morgan fingerprint density at radius 3 is 2.54 bits per heavy atom. The van der Waals surface area contributed by atoms with Crippen LogP contribution in [0.4, 0.5) is 0 Å². The molecule has 0 aromatic heterocycles. The zero-order valence-electron chi connectivity index (χ0n) is 15.7. The van der Waals surface area contributed by atoms with Crippen molar-refractivity contribution in [1.29, 1.82) is 0 Å². The van der Waals surface area contributed by atoms with E-state index >= 15 is 0 Å². The van der Waals surface area contributed by atoms with E-state index in [0.29, 0.717) is 18.8 Å². The zero-order chi connectivity index (χ0) is 18.0. The van der Waals surface area contributed by atoms with Crippen LogP contribution in [-0.2, 0) is 27.4 Å². The average Bonchev–Trinajstić information content (AvgIpc) is 3.22. The minimum atomic E-state index is 0.309. The summed E-state index contributed by atoms with van der Waals surface area (Å²) in [5, 5.41) is 6.68. The molecule has 144 valence electrons. The minimum Gasteiger partial charge on any atom is -0.381 e. The molecule has 0 radical (unpaired) electrons. The highest BCUT2D eigenvalue weighted by Crippen LogP contribution is 2.14. The maximum Gasteiger partial charge on any atom is 0.191 e. The highest BCUT2D eigenvalue weighted by Gasteiger charge is 2.15. The average molecular weight is 361 g/mol. The molecule has 0 saturated carbocycles. The Bertz CT molecular complexity index is 550. The molecular weight excluding hydrogens is 330 g/mol. The summed E-state index contributed by atoms with van der Waals surface area (Å²) in [4.78, 5) is 4.27.